The number of carbonyl (C=O) groups is 1. The number of hydrogen-bond acceptors (Lipinski definition) is 4. The number of anilines is 1. The van der Waals surface area contributed by atoms with Crippen LogP contribution in [0.1, 0.15) is 11.1 Å². The number of benzene rings is 3. The summed E-state index contributed by atoms with van der Waals surface area (Å²) in [5, 5.41) is 0.392. The van der Waals surface area contributed by atoms with Crippen molar-refractivity contribution in [2.45, 2.75) is 17.6 Å². The van der Waals surface area contributed by atoms with Crippen molar-refractivity contribution in [2.75, 3.05) is 37.6 Å². The van der Waals surface area contributed by atoms with Crippen molar-refractivity contribution < 1.29 is 26.4 Å². The average Bonchev–Trinajstić information content (AvgIpc) is 2.89. The molecule has 0 spiro atoms. The van der Waals surface area contributed by atoms with Crippen LogP contribution in [-0.2, 0) is 27.5 Å². The van der Waals surface area contributed by atoms with Crippen LogP contribution < -0.4 is 4.90 Å². The third-order valence-electron chi connectivity index (χ3n) is 6.14. The summed E-state index contributed by atoms with van der Waals surface area (Å²) in [4.78, 5) is 16.5. The second-order valence-corrected chi connectivity index (χ2v) is 11.0. The van der Waals surface area contributed by atoms with Gasteiger partial charge >= 0.3 is 6.18 Å². The maximum Gasteiger partial charge on any atom is 0.416 e. The Morgan fingerprint density at radius 2 is 1.54 bits per heavy atom. The van der Waals surface area contributed by atoms with Gasteiger partial charge in [0.2, 0.25) is 15.9 Å². The first-order valence-corrected chi connectivity index (χ1v) is 13.4. The van der Waals surface area contributed by atoms with E-state index in [1.165, 1.54) is 30.3 Å². The minimum atomic E-state index is -4.44. The molecule has 0 radical (unpaired) electrons. The smallest absolute Gasteiger partial charge is 0.368 e. The van der Waals surface area contributed by atoms with Gasteiger partial charge in [0.25, 0.3) is 0 Å². The molecule has 196 valence electrons. The van der Waals surface area contributed by atoms with Gasteiger partial charge in [-0.05, 0) is 48.0 Å². The van der Waals surface area contributed by atoms with E-state index in [0.717, 1.165) is 22.0 Å². The van der Waals surface area contributed by atoms with E-state index < -0.39 is 21.8 Å². The monoisotopic (exact) mass is 551 g/mol. The molecular formula is C26H25ClF3N3O3S. The molecule has 0 atom stereocenters. The Kier molecular flexibility index (Phi) is 8.11. The molecule has 1 fully saturated rings. The third kappa shape index (κ3) is 6.63. The van der Waals surface area contributed by atoms with Gasteiger partial charge in [0, 0.05) is 43.4 Å². The number of alkyl halides is 3. The van der Waals surface area contributed by atoms with Crippen molar-refractivity contribution in [3.05, 3.63) is 95.0 Å². The number of halogens is 4. The van der Waals surface area contributed by atoms with Crippen molar-refractivity contribution >= 4 is 33.2 Å². The number of carbonyl (C=O) groups excluding carboxylic acids is 1. The first-order valence-electron chi connectivity index (χ1n) is 11.5. The normalized spacial score (nSPS) is 14.7. The van der Waals surface area contributed by atoms with Crippen LogP contribution in [0.2, 0.25) is 5.02 Å². The molecule has 1 aliphatic rings. The lowest BCUT2D eigenvalue weighted by molar-refractivity contribution is -0.137. The molecule has 1 heterocycles. The standard InChI is InChI=1S/C26H25ClF3N3O3S/c27-22-9-11-24(12-10-22)37(35,36)33(18-20-5-2-1-3-6-20)19-25(34)32-15-13-31(14-16-32)23-8-4-7-21(17-23)26(28,29)30/h1-12,17H,13-16,18-19H2. The van der Waals surface area contributed by atoms with Crippen molar-refractivity contribution in [3.63, 3.8) is 0 Å². The van der Waals surface area contributed by atoms with E-state index in [-0.39, 0.29) is 37.0 Å². The molecule has 0 aliphatic carbocycles. The van der Waals surface area contributed by atoms with Crippen molar-refractivity contribution in [1.29, 1.82) is 0 Å². The summed E-state index contributed by atoms with van der Waals surface area (Å²) in [6.07, 6.45) is -4.44. The molecule has 3 aromatic carbocycles. The number of nitrogens with zero attached hydrogens (tertiary/aromatic N) is 3. The van der Waals surface area contributed by atoms with E-state index in [2.05, 4.69) is 0 Å². The number of sulfonamides is 1. The van der Waals surface area contributed by atoms with Gasteiger partial charge < -0.3 is 9.80 Å². The topological polar surface area (TPSA) is 60.9 Å². The quantitative estimate of drug-likeness (QED) is 0.419. The maximum atomic E-state index is 13.4. The van der Waals surface area contributed by atoms with E-state index >= 15 is 0 Å². The van der Waals surface area contributed by atoms with Gasteiger partial charge in [-0.2, -0.15) is 17.5 Å². The Hall–Kier alpha value is -3.08. The third-order valence-corrected chi connectivity index (χ3v) is 8.19. The summed E-state index contributed by atoms with van der Waals surface area (Å²) in [6, 6.07) is 19.8. The lowest BCUT2D eigenvalue weighted by Crippen LogP contribution is -2.51. The van der Waals surface area contributed by atoms with Crippen molar-refractivity contribution in [3.8, 4) is 0 Å². The van der Waals surface area contributed by atoms with Gasteiger partial charge in [-0.1, -0.05) is 48.0 Å². The first kappa shape index (κ1) is 27.0. The minimum absolute atomic E-state index is 0.00173. The van der Waals surface area contributed by atoms with Crippen LogP contribution in [0.3, 0.4) is 0 Å². The Morgan fingerprint density at radius 1 is 0.892 bits per heavy atom. The van der Waals surface area contributed by atoms with E-state index in [0.29, 0.717) is 23.8 Å². The van der Waals surface area contributed by atoms with Crippen molar-refractivity contribution in [1.82, 2.24) is 9.21 Å². The van der Waals surface area contributed by atoms with Gasteiger partial charge in [0.05, 0.1) is 17.0 Å². The first-order chi connectivity index (χ1) is 17.5. The summed E-state index contributed by atoms with van der Waals surface area (Å²) in [7, 11) is -4.01. The average molecular weight is 552 g/mol. The van der Waals surface area contributed by atoms with Crippen LogP contribution in [0.5, 0.6) is 0 Å². The molecule has 1 amide bonds. The fourth-order valence-corrected chi connectivity index (χ4v) is 5.62. The molecule has 6 nitrogen and oxygen atoms in total. The SMILES string of the molecule is O=C(CN(Cc1ccccc1)S(=O)(=O)c1ccc(Cl)cc1)N1CCN(c2cccc(C(F)(F)F)c2)CC1. The van der Waals surface area contributed by atoms with E-state index in [9.17, 15) is 26.4 Å². The molecule has 0 aromatic heterocycles. The second-order valence-electron chi connectivity index (χ2n) is 8.63. The van der Waals surface area contributed by atoms with Gasteiger partial charge in [0.15, 0.2) is 0 Å². The molecule has 3 aromatic rings. The molecule has 4 rings (SSSR count). The Morgan fingerprint density at radius 3 is 2.16 bits per heavy atom. The zero-order chi connectivity index (χ0) is 26.6. The van der Waals surface area contributed by atoms with E-state index in [4.69, 9.17) is 11.6 Å². The highest BCUT2D eigenvalue weighted by molar-refractivity contribution is 7.89. The fraction of sp³-hybridized carbons (Fsp3) is 0.269. The highest BCUT2D eigenvalue weighted by Crippen LogP contribution is 2.32. The fourth-order valence-electron chi connectivity index (χ4n) is 4.11. The zero-order valence-electron chi connectivity index (χ0n) is 19.7. The minimum Gasteiger partial charge on any atom is -0.368 e. The van der Waals surface area contributed by atoms with Gasteiger partial charge in [-0.15, -0.1) is 0 Å². The Bertz CT molecular complexity index is 1330. The summed E-state index contributed by atoms with van der Waals surface area (Å²) in [5.74, 6) is -0.378. The van der Waals surface area contributed by atoms with Gasteiger partial charge in [-0.3, -0.25) is 4.79 Å². The molecule has 0 unspecified atom stereocenters. The van der Waals surface area contributed by atoms with Gasteiger partial charge in [0.1, 0.15) is 0 Å². The Balaban J connectivity index is 1.47. The van der Waals surface area contributed by atoms with E-state index in [1.807, 2.05) is 6.07 Å². The lowest BCUT2D eigenvalue weighted by Gasteiger charge is -2.37. The lowest BCUT2D eigenvalue weighted by atomic mass is 10.1. The van der Waals surface area contributed by atoms with Crippen LogP contribution in [0.15, 0.2) is 83.8 Å². The second kappa shape index (κ2) is 11.1. The van der Waals surface area contributed by atoms with Crippen LogP contribution in [-0.4, -0.2) is 56.3 Å². The Labute approximate surface area is 218 Å². The molecule has 37 heavy (non-hydrogen) atoms. The predicted molar refractivity (Wildman–Crippen MR) is 136 cm³/mol. The van der Waals surface area contributed by atoms with Crippen LogP contribution in [0, 0.1) is 0 Å². The number of hydrogen-bond donors (Lipinski definition) is 0. The summed E-state index contributed by atoms with van der Waals surface area (Å²) >= 11 is 5.92. The molecule has 0 saturated carbocycles. The highest BCUT2D eigenvalue weighted by Gasteiger charge is 2.32. The molecule has 1 saturated heterocycles. The molecule has 0 bridgehead atoms. The summed E-state index contributed by atoms with van der Waals surface area (Å²) < 4.78 is 67.3. The number of piperazine rings is 1. The number of amides is 1. The summed E-state index contributed by atoms with van der Waals surface area (Å²) in [5.41, 5.74) is 0.424. The predicted octanol–water partition coefficient (Wildman–Crippen LogP) is 4.90. The largest absolute Gasteiger partial charge is 0.416 e. The van der Waals surface area contributed by atoms with Crippen molar-refractivity contribution in [2.24, 2.45) is 0 Å². The molecule has 0 N–H and O–H groups in total. The molecule has 1 aliphatic heterocycles. The zero-order valence-corrected chi connectivity index (χ0v) is 21.3. The van der Waals surface area contributed by atoms with E-state index in [1.54, 1.807) is 40.1 Å². The molecule has 11 heteroatoms. The molecular weight excluding hydrogens is 527 g/mol. The van der Waals surface area contributed by atoms with Crippen LogP contribution in [0.25, 0.3) is 0 Å². The van der Waals surface area contributed by atoms with Gasteiger partial charge in [-0.25, -0.2) is 8.42 Å². The number of rotatable bonds is 7. The highest BCUT2D eigenvalue weighted by atomic mass is 35.5. The van der Waals surface area contributed by atoms with Crippen LogP contribution in [0.4, 0.5) is 18.9 Å². The maximum absolute atomic E-state index is 13.4. The summed E-state index contributed by atoms with van der Waals surface area (Å²) in [6.45, 7) is 0.807. The van der Waals surface area contributed by atoms with Crippen LogP contribution >= 0.6 is 11.6 Å².